The largest absolute Gasteiger partial charge is 0.481 e. The average Bonchev–Trinajstić information content (AvgIpc) is 2.46. The van der Waals surface area contributed by atoms with Gasteiger partial charge in [0.1, 0.15) is 0 Å². The Hall–Kier alpha value is -1.44. The highest BCUT2D eigenvalue weighted by Crippen LogP contribution is 2.15. The molecule has 0 spiro atoms. The lowest BCUT2D eigenvalue weighted by Crippen LogP contribution is -2.38. The first-order valence-corrected chi connectivity index (χ1v) is 8.36. The number of ether oxygens (including phenoxy) is 1. The molecule has 0 bridgehead atoms. The maximum absolute atomic E-state index is 12.2. The van der Waals surface area contributed by atoms with Gasteiger partial charge in [-0.15, -0.1) is 0 Å². The van der Waals surface area contributed by atoms with E-state index in [-0.39, 0.29) is 17.4 Å². The molecule has 1 aromatic rings. The number of rotatable bonds is 6. The zero-order chi connectivity index (χ0) is 15.3. The number of carboxylic acids is 1. The lowest BCUT2D eigenvalue weighted by molar-refractivity contribution is -0.136. The predicted octanol–water partition coefficient (Wildman–Crippen LogP) is 1.16. The fourth-order valence-corrected chi connectivity index (χ4v) is 3.49. The molecule has 1 aliphatic rings. The number of carbonyl (C=O) groups is 1. The van der Waals surface area contributed by atoms with E-state index in [2.05, 4.69) is 4.72 Å². The molecule has 0 amide bonds. The van der Waals surface area contributed by atoms with Crippen molar-refractivity contribution in [1.82, 2.24) is 4.72 Å². The normalized spacial score (nSPS) is 16.8. The second-order valence-corrected chi connectivity index (χ2v) is 6.76. The van der Waals surface area contributed by atoms with Crippen molar-refractivity contribution in [2.24, 2.45) is 0 Å². The number of hydrogen-bond acceptors (Lipinski definition) is 4. The van der Waals surface area contributed by atoms with Gasteiger partial charge in [-0.05, 0) is 37.0 Å². The molecule has 6 nitrogen and oxygen atoms in total. The Kier molecular flexibility index (Phi) is 5.33. The number of carboxylic acid groups (broad SMARTS) is 1. The topological polar surface area (TPSA) is 92.7 Å². The Balaban J connectivity index is 2.00. The van der Waals surface area contributed by atoms with Crippen LogP contribution in [0.1, 0.15) is 24.8 Å². The van der Waals surface area contributed by atoms with Crippen LogP contribution >= 0.6 is 0 Å². The van der Waals surface area contributed by atoms with E-state index < -0.39 is 16.0 Å². The zero-order valence-corrected chi connectivity index (χ0v) is 12.4. The second kappa shape index (κ2) is 7.02. The van der Waals surface area contributed by atoms with Gasteiger partial charge in [-0.25, -0.2) is 13.1 Å². The molecule has 0 radical (unpaired) electrons. The number of aliphatic carboxylic acids is 1. The summed E-state index contributed by atoms with van der Waals surface area (Å²) in [5.41, 5.74) is 0.808. The third-order valence-electron chi connectivity index (χ3n) is 3.40. The number of benzene rings is 1. The van der Waals surface area contributed by atoms with Crippen LogP contribution in [-0.4, -0.2) is 38.7 Å². The monoisotopic (exact) mass is 313 g/mol. The van der Waals surface area contributed by atoms with Crippen LogP contribution in [0.4, 0.5) is 0 Å². The van der Waals surface area contributed by atoms with Gasteiger partial charge in [0.05, 0.1) is 4.90 Å². The van der Waals surface area contributed by atoms with E-state index >= 15 is 0 Å². The Bertz CT molecular complexity index is 576. The van der Waals surface area contributed by atoms with Crippen molar-refractivity contribution in [3.63, 3.8) is 0 Å². The lowest BCUT2D eigenvalue weighted by Gasteiger charge is -2.23. The summed E-state index contributed by atoms with van der Waals surface area (Å²) >= 11 is 0. The van der Waals surface area contributed by atoms with Gasteiger partial charge >= 0.3 is 5.97 Å². The fourth-order valence-electron chi connectivity index (χ4n) is 2.19. The van der Waals surface area contributed by atoms with E-state index in [0.717, 1.165) is 5.56 Å². The van der Waals surface area contributed by atoms with Gasteiger partial charge in [-0.1, -0.05) is 12.1 Å². The molecule has 1 fully saturated rings. The second-order valence-electron chi connectivity index (χ2n) is 5.05. The molecule has 0 unspecified atom stereocenters. The van der Waals surface area contributed by atoms with Gasteiger partial charge in [0.25, 0.3) is 0 Å². The summed E-state index contributed by atoms with van der Waals surface area (Å²) in [7, 11) is -3.53. The Morgan fingerprint density at radius 3 is 2.43 bits per heavy atom. The third-order valence-corrected chi connectivity index (χ3v) is 4.94. The summed E-state index contributed by atoms with van der Waals surface area (Å²) in [5, 5.41) is 8.62. The molecule has 7 heteroatoms. The van der Waals surface area contributed by atoms with Crippen LogP contribution in [0.15, 0.2) is 29.2 Å². The maximum Gasteiger partial charge on any atom is 0.303 e. The van der Waals surface area contributed by atoms with Crippen molar-refractivity contribution in [3.05, 3.63) is 29.8 Å². The van der Waals surface area contributed by atoms with Crippen molar-refractivity contribution in [1.29, 1.82) is 0 Å². The van der Waals surface area contributed by atoms with Crippen LogP contribution < -0.4 is 4.72 Å². The highest BCUT2D eigenvalue weighted by molar-refractivity contribution is 7.89. The molecule has 0 atom stereocenters. The van der Waals surface area contributed by atoms with Crippen LogP contribution in [0.3, 0.4) is 0 Å². The van der Waals surface area contributed by atoms with E-state index in [0.29, 0.717) is 32.5 Å². The molecule has 1 heterocycles. The Morgan fingerprint density at radius 1 is 1.24 bits per heavy atom. The van der Waals surface area contributed by atoms with Gasteiger partial charge in [-0.3, -0.25) is 4.79 Å². The summed E-state index contributed by atoms with van der Waals surface area (Å²) in [4.78, 5) is 10.7. The van der Waals surface area contributed by atoms with Crippen molar-refractivity contribution in [3.8, 4) is 0 Å². The van der Waals surface area contributed by atoms with Gasteiger partial charge in [-0.2, -0.15) is 0 Å². The first-order chi connectivity index (χ1) is 9.97. The third kappa shape index (κ3) is 4.80. The molecule has 1 aromatic carbocycles. The quantitative estimate of drug-likeness (QED) is 0.822. The summed E-state index contributed by atoms with van der Waals surface area (Å²) in [6, 6.07) is 6.25. The van der Waals surface area contributed by atoms with E-state index in [1.165, 1.54) is 12.1 Å². The van der Waals surface area contributed by atoms with Crippen LogP contribution in [0, 0.1) is 0 Å². The van der Waals surface area contributed by atoms with E-state index in [4.69, 9.17) is 9.84 Å². The van der Waals surface area contributed by atoms with Gasteiger partial charge in [0.15, 0.2) is 0 Å². The maximum atomic E-state index is 12.2. The minimum absolute atomic E-state index is 0.0341. The molecule has 1 saturated heterocycles. The summed E-state index contributed by atoms with van der Waals surface area (Å²) in [6.07, 6.45) is 1.78. The van der Waals surface area contributed by atoms with Gasteiger partial charge < -0.3 is 9.84 Å². The van der Waals surface area contributed by atoms with Gasteiger partial charge in [0, 0.05) is 25.7 Å². The highest BCUT2D eigenvalue weighted by Gasteiger charge is 2.21. The SMILES string of the molecule is O=C(O)CCc1ccc(S(=O)(=O)NC2CCOCC2)cc1. The lowest BCUT2D eigenvalue weighted by atomic mass is 10.1. The molecule has 1 aliphatic heterocycles. The fraction of sp³-hybridized carbons (Fsp3) is 0.500. The number of aryl methyl sites for hydroxylation is 1. The molecule has 0 aromatic heterocycles. The molecular weight excluding hydrogens is 294 g/mol. The van der Waals surface area contributed by atoms with Crippen LogP contribution in [0.5, 0.6) is 0 Å². The number of nitrogens with one attached hydrogen (secondary N) is 1. The summed E-state index contributed by atoms with van der Waals surface area (Å²) in [5.74, 6) is -0.868. The van der Waals surface area contributed by atoms with Gasteiger partial charge in [0.2, 0.25) is 10.0 Å². The Labute approximate surface area is 124 Å². The minimum atomic E-state index is -3.53. The van der Waals surface area contributed by atoms with E-state index in [1.807, 2.05) is 0 Å². The minimum Gasteiger partial charge on any atom is -0.481 e. The molecule has 116 valence electrons. The first-order valence-electron chi connectivity index (χ1n) is 6.88. The smallest absolute Gasteiger partial charge is 0.303 e. The van der Waals surface area contributed by atoms with Crippen LogP contribution in [0.25, 0.3) is 0 Å². The molecule has 0 saturated carbocycles. The van der Waals surface area contributed by atoms with Crippen molar-refractivity contribution in [2.75, 3.05) is 13.2 Å². The molecule has 2 N–H and O–H groups in total. The van der Waals surface area contributed by atoms with Crippen molar-refractivity contribution in [2.45, 2.75) is 36.6 Å². The van der Waals surface area contributed by atoms with Crippen molar-refractivity contribution < 1.29 is 23.1 Å². The first kappa shape index (κ1) is 15.9. The molecule has 0 aliphatic carbocycles. The Morgan fingerprint density at radius 2 is 1.86 bits per heavy atom. The molecule has 2 rings (SSSR count). The average molecular weight is 313 g/mol. The highest BCUT2D eigenvalue weighted by atomic mass is 32.2. The standard InChI is InChI=1S/C14H19NO5S/c16-14(17)6-3-11-1-4-13(5-2-11)21(18,19)15-12-7-9-20-10-8-12/h1-2,4-5,12,15H,3,6-10H2,(H,16,17). The van der Waals surface area contributed by atoms with Crippen LogP contribution in [-0.2, 0) is 26.0 Å². The summed E-state index contributed by atoms with van der Waals surface area (Å²) in [6.45, 7) is 1.14. The van der Waals surface area contributed by atoms with Crippen molar-refractivity contribution >= 4 is 16.0 Å². The summed E-state index contributed by atoms with van der Waals surface area (Å²) < 4.78 is 32.3. The zero-order valence-electron chi connectivity index (χ0n) is 11.6. The van der Waals surface area contributed by atoms with E-state index in [9.17, 15) is 13.2 Å². The van der Waals surface area contributed by atoms with Crippen LogP contribution in [0.2, 0.25) is 0 Å². The predicted molar refractivity (Wildman–Crippen MR) is 76.6 cm³/mol. The number of hydrogen-bond donors (Lipinski definition) is 2. The molecular formula is C14H19NO5S. The number of sulfonamides is 1. The van der Waals surface area contributed by atoms with E-state index in [1.54, 1.807) is 12.1 Å². The molecule has 21 heavy (non-hydrogen) atoms.